The van der Waals surface area contributed by atoms with Gasteiger partial charge in [0.2, 0.25) is 0 Å². The molecule has 0 amide bonds. The van der Waals surface area contributed by atoms with Crippen molar-refractivity contribution < 1.29 is 4.74 Å². The molecule has 0 spiro atoms. The third-order valence-corrected chi connectivity index (χ3v) is 4.35. The number of methoxy groups -OCH3 is 1. The van der Waals surface area contributed by atoms with Crippen molar-refractivity contribution in [2.45, 2.75) is 51.3 Å². The van der Waals surface area contributed by atoms with Crippen molar-refractivity contribution in [2.24, 2.45) is 0 Å². The fourth-order valence-corrected chi connectivity index (χ4v) is 3.46. The van der Waals surface area contributed by atoms with E-state index in [9.17, 15) is 0 Å². The molecule has 1 aromatic heterocycles. The van der Waals surface area contributed by atoms with Gasteiger partial charge in [-0.25, -0.2) is 9.97 Å². The smallest absolute Gasteiger partial charge is 0.156 e. The molecule has 1 aromatic rings. The van der Waals surface area contributed by atoms with Gasteiger partial charge in [-0.3, -0.25) is 0 Å². The zero-order valence-corrected chi connectivity index (χ0v) is 12.4. The minimum Gasteiger partial charge on any atom is -0.377 e. The zero-order valence-electron chi connectivity index (χ0n) is 12.4. The Morgan fingerprint density at radius 3 is 3.10 bits per heavy atom. The highest BCUT2D eigenvalue weighted by molar-refractivity contribution is 5.37. The van der Waals surface area contributed by atoms with E-state index in [1.807, 2.05) is 13.0 Å². The van der Waals surface area contributed by atoms with Crippen molar-refractivity contribution in [3.63, 3.8) is 0 Å². The van der Waals surface area contributed by atoms with E-state index in [2.05, 4.69) is 20.2 Å². The molecule has 2 fully saturated rings. The number of ether oxygens (including phenoxy) is 1. The van der Waals surface area contributed by atoms with E-state index in [4.69, 9.17) is 4.74 Å². The second-order valence-corrected chi connectivity index (χ2v) is 5.94. The fourth-order valence-electron chi connectivity index (χ4n) is 3.46. The molecule has 1 N–H and O–H groups in total. The number of piperidine rings is 1. The summed E-state index contributed by atoms with van der Waals surface area (Å²) in [6.45, 7) is 4.99. The molecular formula is C15H24N4O. The minimum absolute atomic E-state index is 0.470. The SMILES string of the molecule is COCc1nc(C)cc(N[C@H]2CCN3CCC[C@H]3C2)n1. The van der Waals surface area contributed by atoms with Crippen molar-refractivity contribution in [1.82, 2.24) is 14.9 Å². The van der Waals surface area contributed by atoms with Gasteiger partial charge in [0, 0.05) is 37.5 Å². The van der Waals surface area contributed by atoms with Gasteiger partial charge in [0.25, 0.3) is 0 Å². The number of hydrogen-bond donors (Lipinski definition) is 1. The number of aromatic nitrogens is 2. The Hall–Kier alpha value is -1.20. The van der Waals surface area contributed by atoms with E-state index in [1.165, 1.54) is 38.8 Å². The molecule has 0 aromatic carbocycles. The predicted octanol–water partition coefficient (Wildman–Crippen LogP) is 1.97. The molecule has 0 aliphatic carbocycles. The maximum absolute atomic E-state index is 5.13. The van der Waals surface area contributed by atoms with Crippen LogP contribution in [0.2, 0.25) is 0 Å². The maximum atomic E-state index is 5.13. The summed E-state index contributed by atoms with van der Waals surface area (Å²) in [7, 11) is 1.68. The largest absolute Gasteiger partial charge is 0.377 e. The summed E-state index contributed by atoms with van der Waals surface area (Å²) in [5, 5.41) is 3.60. The molecule has 2 aliphatic rings. The van der Waals surface area contributed by atoms with Gasteiger partial charge in [0.05, 0.1) is 0 Å². The quantitative estimate of drug-likeness (QED) is 0.911. The van der Waals surface area contributed by atoms with Crippen molar-refractivity contribution in [3.8, 4) is 0 Å². The standard InChI is InChI=1S/C15H24N4O/c1-11-8-14(18-15(16-11)10-20-2)17-12-5-7-19-6-3-4-13(19)9-12/h8,12-13H,3-7,9-10H2,1-2H3,(H,16,17,18)/t12-,13-/m0/s1. The van der Waals surface area contributed by atoms with Crippen molar-refractivity contribution in [1.29, 1.82) is 0 Å². The van der Waals surface area contributed by atoms with Gasteiger partial charge in [0.1, 0.15) is 12.4 Å². The number of nitrogens with one attached hydrogen (secondary N) is 1. The highest BCUT2D eigenvalue weighted by atomic mass is 16.5. The minimum atomic E-state index is 0.470. The van der Waals surface area contributed by atoms with Gasteiger partial charge in [-0.1, -0.05) is 0 Å². The van der Waals surface area contributed by atoms with Crippen LogP contribution in [0.3, 0.4) is 0 Å². The molecule has 0 bridgehead atoms. The Balaban J connectivity index is 1.65. The molecule has 3 rings (SSSR count). The normalized spacial score (nSPS) is 26.5. The lowest BCUT2D eigenvalue weighted by Gasteiger charge is -2.35. The average Bonchev–Trinajstić information content (AvgIpc) is 2.85. The van der Waals surface area contributed by atoms with Gasteiger partial charge in [0.15, 0.2) is 5.82 Å². The molecule has 5 nitrogen and oxygen atoms in total. The molecule has 0 saturated carbocycles. The van der Waals surface area contributed by atoms with Gasteiger partial charge >= 0.3 is 0 Å². The van der Waals surface area contributed by atoms with Gasteiger partial charge in [-0.2, -0.15) is 0 Å². The van der Waals surface area contributed by atoms with E-state index < -0.39 is 0 Å². The summed E-state index contributed by atoms with van der Waals surface area (Å²) in [5.41, 5.74) is 0.993. The molecule has 20 heavy (non-hydrogen) atoms. The first-order chi connectivity index (χ1) is 9.74. The number of rotatable bonds is 4. The third kappa shape index (κ3) is 3.10. The summed E-state index contributed by atoms with van der Waals surface area (Å²) < 4.78 is 5.13. The van der Waals surface area contributed by atoms with Gasteiger partial charge < -0.3 is 15.0 Å². The molecular weight excluding hydrogens is 252 g/mol. The number of aryl methyl sites for hydroxylation is 1. The summed E-state index contributed by atoms with van der Waals surface area (Å²) in [6.07, 6.45) is 5.17. The van der Waals surface area contributed by atoms with Crippen LogP contribution in [0.15, 0.2) is 6.07 Å². The van der Waals surface area contributed by atoms with Crippen LogP contribution in [0.1, 0.15) is 37.2 Å². The summed E-state index contributed by atoms with van der Waals surface area (Å²) in [4.78, 5) is 11.6. The predicted molar refractivity (Wildman–Crippen MR) is 78.7 cm³/mol. The number of fused-ring (bicyclic) bond motifs is 1. The molecule has 5 heteroatoms. The third-order valence-electron chi connectivity index (χ3n) is 4.35. The highest BCUT2D eigenvalue weighted by Gasteiger charge is 2.31. The molecule has 2 atom stereocenters. The molecule has 0 unspecified atom stereocenters. The Morgan fingerprint density at radius 2 is 2.25 bits per heavy atom. The average molecular weight is 276 g/mol. The maximum Gasteiger partial charge on any atom is 0.156 e. The second kappa shape index (κ2) is 6.06. The van der Waals surface area contributed by atoms with E-state index in [-0.39, 0.29) is 0 Å². The van der Waals surface area contributed by atoms with Crippen LogP contribution in [0.25, 0.3) is 0 Å². The van der Waals surface area contributed by atoms with Crippen molar-refractivity contribution in [2.75, 3.05) is 25.5 Å². The second-order valence-electron chi connectivity index (χ2n) is 5.94. The summed E-state index contributed by atoms with van der Waals surface area (Å²) in [6, 6.07) is 3.35. The number of anilines is 1. The first-order valence-electron chi connectivity index (χ1n) is 7.58. The zero-order chi connectivity index (χ0) is 13.9. The number of hydrogen-bond acceptors (Lipinski definition) is 5. The van der Waals surface area contributed by atoms with Gasteiger partial charge in [-0.15, -0.1) is 0 Å². The van der Waals surface area contributed by atoms with E-state index in [0.29, 0.717) is 12.6 Å². The summed E-state index contributed by atoms with van der Waals surface area (Å²) >= 11 is 0. The topological polar surface area (TPSA) is 50.3 Å². The van der Waals surface area contributed by atoms with Crippen LogP contribution < -0.4 is 5.32 Å². The van der Waals surface area contributed by atoms with Crippen LogP contribution in [0.4, 0.5) is 5.82 Å². The lowest BCUT2D eigenvalue weighted by molar-refractivity contribution is 0.177. The number of nitrogens with zero attached hydrogens (tertiary/aromatic N) is 3. The first-order valence-corrected chi connectivity index (χ1v) is 7.58. The van der Waals surface area contributed by atoms with Crippen LogP contribution in [-0.4, -0.2) is 47.2 Å². The monoisotopic (exact) mass is 276 g/mol. The highest BCUT2D eigenvalue weighted by Crippen LogP contribution is 2.28. The lowest BCUT2D eigenvalue weighted by atomic mass is 9.97. The molecule has 3 heterocycles. The van der Waals surface area contributed by atoms with Crippen LogP contribution in [0.5, 0.6) is 0 Å². The fraction of sp³-hybridized carbons (Fsp3) is 0.733. The van der Waals surface area contributed by atoms with E-state index >= 15 is 0 Å². The van der Waals surface area contributed by atoms with Crippen LogP contribution in [-0.2, 0) is 11.3 Å². The van der Waals surface area contributed by atoms with Crippen LogP contribution in [0, 0.1) is 6.92 Å². The Kier molecular flexibility index (Phi) is 4.17. The van der Waals surface area contributed by atoms with Crippen LogP contribution >= 0.6 is 0 Å². The lowest BCUT2D eigenvalue weighted by Crippen LogP contribution is -2.42. The van der Waals surface area contributed by atoms with E-state index in [0.717, 1.165) is 23.4 Å². The van der Waals surface area contributed by atoms with Gasteiger partial charge in [-0.05, 0) is 39.2 Å². The van der Waals surface area contributed by atoms with E-state index in [1.54, 1.807) is 7.11 Å². The Labute approximate surface area is 120 Å². The van der Waals surface area contributed by atoms with Crippen molar-refractivity contribution in [3.05, 3.63) is 17.6 Å². The first kappa shape index (κ1) is 13.8. The molecule has 2 aliphatic heterocycles. The Bertz CT molecular complexity index is 465. The Morgan fingerprint density at radius 1 is 1.35 bits per heavy atom. The molecule has 2 saturated heterocycles. The molecule has 110 valence electrons. The van der Waals surface area contributed by atoms with Crippen molar-refractivity contribution >= 4 is 5.82 Å². The molecule has 0 radical (unpaired) electrons. The summed E-state index contributed by atoms with van der Waals surface area (Å²) in [5.74, 6) is 1.70.